The van der Waals surface area contributed by atoms with Crippen molar-refractivity contribution in [2.45, 2.75) is 19.1 Å². The summed E-state index contributed by atoms with van der Waals surface area (Å²) in [4.78, 5) is 13.3. The SMILES string of the molecule is CC(=O)c1ccc(C#N)cc1N1CC(O)C(O)C1. The van der Waals surface area contributed by atoms with E-state index in [1.54, 1.807) is 23.1 Å². The van der Waals surface area contributed by atoms with Crippen LogP contribution in [0.2, 0.25) is 0 Å². The maximum Gasteiger partial charge on any atom is 0.161 e. The highest BCUT2D eigenvalue weighted by atomic mass is 16.3. The third kappa shape index (κ3) is 2.21. The van der Waals surface area contributed by atoms with Crippen molar-refractivity contribution in [1.29, 1.82) is 5.26 Å². The van der Waals surface area contributed by atoms with Gasteiger partial charge in [-0.05, 0) is 25.1 Å². The lowest BCUT2D eigenvalue weighted by molar-refractivity contribution is 0.0572. The van der Waals surface area contributed by atoms with E-state index < -0.39 is 12.2 Å². The summed E-state index contributed by atoms with van der Waals surface area (Å²) in [6.45, 7) is 1.97. The van der Waals surface area contributed by atoms with E-state index in [1.165, 1.54) is 6.92 Å². The molecule has 18 heavy (non-hydrogen) atoms. The Kier molecular flexibility index (Phi) is 3.32. The predicted octanol–water partition coefficient (Wildman–Crippen LogP) is 0.303. The van der Waals surface area contributed by atoms with Crippen LogP contribution in [0, 0.1) is 11.3 Å². The van der Waals surface area contributed by atoms with E-state index in [0.29, 0.717) is 16.8 Å². The minimum atomic E-state index is -0.824. The maximum absolute atomic E-state index is 11.6. The number of nitriles is 1. The Bertz CT molecular complexity index is 511. The van der Waals surface area contributed by atoms with Crippen molar-refractivity contribution in [3.8, 4) is 6.07 Å². The predicted molar refractivity (Wildman–Crippen MR) is 65.4 cm³/mol. The normalized spacial score (nSPS) is 22.9. The molecule has 5 heteroatoms. The van der Waals surface area contributed by atoms with Crippen molar-refractivity contribution >= 4 is 11.5 Å². The number of carbonyl (C=O) groups excluding carboxylic acids is 1. The van der Waals surface area contributed by atoms with Crippen LogP contribution in [0.25, 0.3) is 0 Å². The topological polar surface area (TPSA) is 84.6 Å². The maximum atomic E-state index is 11.6. The second-order valence-electron chi connectivity index (χ2n) is 4.44. The van der Waals surface area contributed by atoms with E-state index in [1.807, 2.05) is 6.07 Å². The third-order valence-corrected chi connectivity index (χ3v) is 3.11. The Morgan fingerprint density at radius 2 is 2.00 bits per heavy atom. The number of carbonyl (C=O) groups is 1. The highest BCUT2D eigenvalue weighted by Gasteiger charge is 2.31. The quantitative estimate of drug-likeness (QED) is 0.733. The minimum absolute atomic E-state index is 0.106. The molecule has 2 unspecified atom stereocenters. The fourth-order valence-electron chi connectivity index (χ4n) is 2.13. The zero-order chi connectivity index (χ0) is 13.3. The molecule has 1 saturated heterocycles. The second kappa shape index (κ2) is 4.77. The standard InChI is InChI=1S/C13H14N2O3/c1-8(16)10-3-2-9(5-14)4-11(10)15-6-12(17)13(18)7-15/h2-4,12-13,17-18H,6-7H2,1H3. The number of hydrogen-bond acceptors (Lipinski definition) is 5. The first kappa shape index (κ1) is 12.6. The molecule has 2 rings (SSSR count). The average molecular weight is 246 g/mol. The summed E-state index contributed by atoms with van der Waals surface area (Å²) in [6, 6.07) is 6.82. The zero-order valence-corrected chi connectivity index (χ0v) is 10.00. The van der Waals surface area contributed by atoms with Gasteiger partial charge in [-0.2, -0.15) is 5.26 Å². The Labute approximate surface area is 105 Å². The number of aliphatic hydroxyl groups excluding tert-OH is 2. The molecular weight excluding hydrogens is 232 g/mol. The molecule has 1 fully saturated rings. The molecule has 1 aliphatic heterocycles. The highest BCUT2D eigenvalue weighted by Crippen LogP contribution is 2.26. The monoisotopic (exact) mass is 246 g/mol. The first-order valence-electron chi connectivity index (χ1n) is 5.69. The molecule has 0 amide bonds. The molecular formula is C13H14N2O3. The summed E-state index contributed by atoms with van der Waals surface area (Å²) in [6.07, 6.45) is -1.65. The molecule has 0 bridgehead atoms. The Morgan fingerprint density at radius 1 is 1.39 bits per heavy atom. The lowest BCUT2D eigenvalue weighted by atomic mass is 10.1. The van der Waals surface area contributed by atoms with Gasteiger partial charge in [-0.25, -0.2) is 0 Å². The fourth-order valence-corrected chi connectivity index (χ4v) is 2.13. The first-order valence-corrected chi connectivity index (χ1v) is 5.69. The van der Waals surface area contributed by atoms with Gasteiger partial charge in [0.05, 0.1) is 23.8 Å². The molecule has 1 aromatic rings. The lowest BCUT2D eigenvalue weighted by Crippen LogP contribution is -2.23. The van der Waals surface area contributed by atoms with Gasteiger partial charge in [-0.1, -0.05) is 0 Å². The van der Waals surface area contributed by atoms with Gasteiger partial charge in [-0.15, -0.1) is 0 Å². The molecule has 2 N–H and O–H groups in total. The van der Waals surface area contributed by atoms with E-state index in [9.17, 15) is 15.0 Å². The molecule has 0 radical (unpaired) electrons. The number of aliphatic hydroxyl groups is 2. The molecule has 0 aromatic heterocycles. The largest absolute Gasteiger partial charge is 0.389 e. The van der Waals surface area contributed by atoms with Crippen LogP contribution in [0.15, 0.2) is 18.2 Å². The van der Waals surface area contributed by atoms with Gasteiger partial charge < -0.3 is 15.1 Å². The van der Waals surface area contributed by atoms with Gasteiger partial charge in [-0.3, -0.25) is 4.79 Å². The molecule has 1 heterocycles. The van der Waals surface area contributed by atoms with E-state index in [-0.39, 0.29) is 18.9 Å². The number of benzene rings is 1. The van der Waals surface area contributed by atoms with Gasteiger partial charge in [0.1, 0.15) is 0 Å². The number of hydrogen-bond donors (Lipinski definition) is 2. The van der Waals surface area contributed by atoms with Crippen molar-refractivity contribution in [2.75, 3.05) is 18.0 Å². The highest BCUT2D eigenvalue weighted by molar-refractivity contribution is 6.00. The van der Waals surface area contributed by atoms with Gasteiger partial charge >= 0.3 is 0 Å². The van der Waals surface area contributed by atoms with Crippen LogP contribution in [-0.2, 0) is 0 Å². The van der Waals surface area contributed by atoms with Crippen LogP contribution < -0.4 is 4.90 Å². The van der Waals surface area contributed by atoms with Gasteiger partial charge in [0.25, 0.3) is 0 Å². The van der Waals surface area contributed by atoms with Gasteiger partial charge in [0.15, 0.2) is 5.78 Å². The molecule has 5 nitrogen and oxygen atoms in total. The van der Waals surface area contributed by atoms with Gasteiger partial charge in [0, 0.05) is 24.3 Å². The van der Waals surface area contributed by atoms with Crippen molar-refractivity contribution in [3.05, 3.63) is 29.3 Å². The molecule has 1 aliphatic rings. The van der Waals surface area contributed by atoms with Crippen LogP contribution in [0.4, 0.5) is 5.69 Å². The summed E-state index contributed by atoms with van der Waals surface area (Å²) in [5.41, 5.74) is 1.54. The number of Topliss-reactive ketones (excluding diaryl/α,β-unsaturated/α-hetero) is 1. The molecule has 1 aromatic carbocycles. The number of rotatable bonds is 2. The summed E-state index contributed by atoms with van der Waals surface area (Å²) in [5.74, 6) is -0.106. The minimum Gasteiger partial charge on any atom is -0.389 e. The Balaban J connectivity index is 2.42. The third-order valence-electron chi connectivity index (χ3n) is 3.11. The number of nitrogens with zero attached hydrogens (tertiary/aromatic N) is 2. The Morgan fingerprint density at radius 3 is 2.50 bits per heavy atom. The van der Waals surface area contributed by atoms with Crippen molar-refractivity contribution in [3.63, 3.8) is 0 Å². The van der Waals surface area contributed by atoms with E-state index in [2.05, 4.69) is 0 Å². The smallest absolute Gasteiger partial charge is 0.161 e. The number of ketones is 1. The van der Waals surface area contributed by atoms with E-state index >= 15 is 0 Å². The van der Waals surface area contributed by atoms with Crippen LogP contribution in [0.1, 0.15) is 22.8 Å². The summed E-state index contributed by atoms with van der Waals surface area (Å²) in [5, 5.41) is 28.0. The van der Waals surface area contributed by atoms with Crippen molar-refractivity contribution in [2.24, 2.45) is 0 Å². The van der Waals surface area contributed by atoms with E-state index in [4.69, 9.17) is 5.26 Å². The van der Waals surface area contributed by atoms with Gasteiger partial charge in [0.2, 0.25) is 0 Å². The zero-order valence-electron chi connectivity index (χ0n) is 10.00. The Hall–Kier alpha value is -1.90. The van der Waals surface area contributed by atoms with Crippen LogP contribution in [-0.4, -0.2) is 41.3 Å². The van der Waals surface area contributed by atoms with Crippen LogP contribution in [0.5, 0.6) is 0 Å². The molecule has 2 atom stereocenters. The molecule has 94 valence electrons. The fraction of sp³-hybridized carbons (Fsp3) is 0.385. The molecule has 0 aliphatic carbocycles. The number of anilines is 1. The van der Waals surface area contributed by atoms with Crippen LogP contribution >= 0.6 is 0 Å². The average Bonchev–Trinajstić information content (AvgIpc) is 2.68. The molecule has 0 spiro atoms. The molecule has 0 saturated carbocycles. The van der Waals surface area contributed by atoms with Crippen molar-refractivity contribution < 1.29 is 15.0 Å². The van der Waals surface area contributed by atoms with Crippen molar-refractivity contribution in [1.82, 2.24) is 0 Å². The summed E-state index contributed by atoms with van der Waals surface area (Å²) < 4.78 is 0. The van der Waals surface area contributed by atoms with E-state index in [0.717, 1.165) is 0 Å². The summed E-state index contributed by atoms with van der Waals surface area (Å²) in [7, 11) is 0. The number of β-amino-alcohol motifs (C(OH)–C–C–N with tert-alkyl or cyclic N) is 2. The second-order valence-corrected chi connectivity index (χ2v) is 4.44. The van der Waals surface area contributed by atoms with Crippen LogP contribution in [0.3, 0.4) is 0 Å². The summed E-state index contributed by atoms with van der Waals surface area (Å²) >= 11 is 0. The lowest BCUT2D eigenvalue weighted by Gasteiger charge is -2.20. The first-order chi connectivity index (χ1) is 8.52.